The van der Waals surface area contributed by atoms with Crippen LogP contribution in [0.25, 0.3) is 0 Å². The van der Waals surface area contributed by atoms with Crippen molar-refractivity contribution in [3.63, 3.8) is 0 Å². The third-order valence-corrected chi connectivity index (χ3v) is 3.92. The third kappa shape index (κ3) is 1.24. The van der Waals surface area contributed by atoms with Crippen molar-refractivity contribution in [3.05, 3.63) is 12.2 Å². The number of rotatable bonds is 1. The zero-order chi connectivity index (χ0) is 9.36. The van der Waals surface area contributed by atoms with Crippen molar-refractivity contribution in [1.82, 2.24) is 0 Å². The molecule has 1 saturated carbocycles. The van der Waals surface area contributed by atoms with Crippen LogP contribution in [0, 0.1) is 5.41 Å². The minimum absolute atomic E-state index is 0.133. The molecular formula is C11H18O2. The standard InChI is InChI=1S/C11H18O2/c12-9-10-5-1-3-7-11(10,13)8-4-2-6-10/h1,3,12-13H,2,4-9H2/t10-,11+/m0/s1. The molecule has 0 amide bonds. The minimum atomic E-state index is -0.616. The Kier molecular flexibility index (Phi) is 2.20. The predicted octanol–water partition coefficient (Wildman–Crippen LogP) is 1.62. The molecule has 0 aromatic rings. The molecule has 0 saturated heterocycles. The van der Waals surface area contributed by atoms with E-state index in [1.54, 1.807) is 0 Å². The van der Waals surface area contributed by atoms with E-state index < -0.39 is 5.60 Å². The van der Waals surface area contributed by atoms with Crippen LogP contribution in [0.1, 0.15) is 38.5 Å². The van der Waals surface area contributed by atoms with Gasteiger partial charge in [-0.1, -0.05) is 25.0 Å². The molecule has 2 rings (SSSR count). The third-order valence-electron chi connectivity index (χ3n) is 3.92. The summed E-state index contributed by atoms with van der Waals surface area (Å²) in [6, 6.07) is 0. The monoisotopic (exact) mass is 182 g/mol. The maximum Gasteiger partial charge on any atom is 0.0762 e. The van der Waals surface area contributed by atoms with E-state index in [2.05, 4.69) is 12.2 Å². The highest BCUT2D eigenvalue weighted by molar-refractivity contribution is 5.12. The van der Waals surface area contributed by atoms with Gasteiger partial charge < -0.3 is 10.2 Å². The Morgan fingerprint density at radius 1 is 1.08 bits per heavy atom. The SMILES string of the molecule is OC[C@@]12CC=CC[C@@]1(O)CCCC2. The topological polar surface area (TPSA) is 40.5 Å². The van der Waals surface area contributed by atoms with Crippen LogP contribution in [0.2, 0.25) is 0 Å². The summed E-state index contributed by atoms with van der Waals surface area (Å²) in [5.74, 6) is 0. The zero-order valence-corrected chi connectivity index (χ0v) is 8.00. The summed E-state index contributed by atoms with van der Waals surface area (Å²) < 4.78 is 0. The molecule has 0 heterocycles. The van der Waals surface area contributed by atoms with Crippen LogP contribution in [0.4, 0.5) is 0 Å². The van der Waals surface area contributed by atoms with Gasteiger partial charge in [-0.2, -0.15) is 0 Å². The van der Waals surface area contributed by atoms with Gasteiger partial charge in [-0.3, -0.25) is 0 Å². The molecule has 2 nitrogen and oxygen atoms in total. The Morgan fingerprint density at radius 2 is 1.77 bits per heavy atom. The first-order valence-corrected chi connectivity index (χ1v) is 5.21. The molecule has 2 aliphatic rings. The van der Waals surface area contributed by atoms with Crippen molar-refractivity contribution in [2.45, 2.75) is 44.1 Å². The van der Waals surface area contributed by atoms with E-state index in [9.17, 15) is 10.2 Å². The lowest BCUT2D eigenvalue weighted by Gasteiger charge is -2.51. The molecule has 13 heavy (non-hydrogen) atoms. The van der Waals surface area contributed by atoms with Crippen molar-refractivity contribution >= 4 is 0 Å². The highest BCUT2D eigenvalue weighted by Gasteiger charge is 2.50. The first-order valence-electron chi connectivity index (χ1n) is 5.21. The van der Waals surface area contributed by atoms with E-state index in [4.69, 9.17) is 0 Å². The predicted molar refractivity (Wildman–Crippen MR) is 51.3 cm³/mol. The molecule has 0 spiro atoms. The molecule has 0 radical (unpaired) electrons. The largest absolute Gasteiger partial charge is 0.396 e. The number of hydrogen-bond acceptors (Lipinski definition) is 2. The Bertz CT molecular complexity index is 224. The van der Waals surface area contributed by atoms with E-state index in [-0.39, 0.29) is 12.0 Å². The quantitative estimate of drug-likeness (QED) is 0.605. The van der Waals surface area contributed by atoms with Gasteiger partial charge in [0.2, 0.25) is 0 Å². The van der Waals surface area contributed by atoms with Crippen molar-refractivity contribution < 1.29 is 10.2 Å². The Balaban J connectivity index is 2.30. The molecule has 0 aliphatic heterocycles. The minimum Gasteiger partial charge on any atom is -0.396 e. The number of fused-ring (bicyclic) bond motifs is 1. The van der Waals surface area contributed by atoms with Gasteiger partial charge in [0.1, 0.15) is 0 Å². The molecule has 0 aromatic heterocycles. The molecule has 0 bridgehead atoms. The molecule has 74 valence electrons. The highest BCUT2D eigenvalue weighted by atomic mass is 16.3. The van der Waals surface area contributed by atoms with Crippen molar-refractivity contribution in [2.24, 2.45) is 5.41 Å². The summed E-state index contributed by atoms with van der Waals surface area (Å²) >= 11 is 0. The Labute approximate surface area is 79.3 Å². The fourth-order valence-electron chi connectivity index (χ4n) is 2.87. The molecule has 2 N–H and O–H groups in total. The number of aliphatic hydroxyl groups is 2. The molecule has 2 aliphatic carbocycles. The fourth-order valence-corrected chi connectivity index (χ4v) is 2.87. The lowest BCUT2D eigenvalue weighted by atomic mass is 9.58. The smallest absolute Gasteiger partial charge is 0.0762 e. The van der Waals surface area contributed by atoms with Gasteiger partial charge in [0.25, 0.3) is 0 Å². The lowest BCUT2D eigenvalue weighted by Crippen LogP contribution is -2.53. The average Bonchev–Trinajstić information content (AvgIpc) is 2.17. The first kappa shape index (κ1) is 9.22. The number of hydrogen-bond donors (Lipinski definition) is 2. The van der Waals surface area contributed by atoms with Gasteiger partial charge in [0.05, 0.1) is 12.2 Å². The average molecular weight is 182 g/mol. The normalized spacial score (nSPS) is 44.5. The summed E-state index contributed by atoms with van der Waals surface area (Å²) in [6.45, 7) is 0.133. The second-order valence-corrected chi connectivity index (χ2v) is 4.56. The van der Waals surface area contributed by atoms with Crippen LogP contribution >= 0.6 is 0 Å². The second kappa shape index (κ2) is 3.10. The first-order chi connectivity index (χ1) is 6.22. The summed E-state index contributed by atoms with van der Waals surface area (Å²) in [5.41, 5.74) is -0.839. The van der Waals surface area contributed by atoms with Crippen LogP contribution in [-0.4, -0.2) is 22.4 Å². The molecule has 2 heteroatoms. The fraction of sp³-hybridized carbons (Fsp3) is 0.818. The summed E-state index contributed by atoms with van der Waals surface area (Å²) in [5, 5.41) is 19.9. The number of aliphatic hydroxyl groups excluding tert-OH is 1. The Morgan fingerprint density at radius 3 is 2.46 bits per heavy atom. The van der Waals surface area contributed by atoms with Gasteiger partial charge in [-0.05, 0) is 25.7 Å². The van der Waals surface area contributed by atoms with Crippen molar-refractivity contribution in [2.75, 3.05) is 6.61 Å². The van der Waals surface area contributed by atoms with Gasteiger partial charge in [-0.25, -0.2) is 0 Å². The van der Waals surface area contributed by atoms with Crippen LogP contribution < -0.4 is 0 Å². The molecule has 1 fully saturated rings. The van der Waals surface area contributed by atoms with E-state index >= 15 is 0 Å². The van der Waals surface area contributed by atoms with E-state index in [0.717, 1.165) is 38.5 Å². The molecule has 0 unspecified atom stereocenters. The highest BCUT2D eigenvalue weighted by Crippen LogP contribution is 2.50. The maximum absolute atomic E-state index is 10.4. The Hall–Kier alpha value is -0.340. The summed E-state index contributed by atoms with van der Waals surface area (Å²) in [7, 11) is 0. The molecule has 0 aromatic carbocycles. The van der Waals surface area contributed by atoms with Gasteiger partial charge in [0.15, 0.2) is 0 Å². The zero-order valence-electron chi connectivity index (χ0n) is 8.00. The van der Waals surface area contributed by atoms with E-state index in [0.29, 0.717) is 0 Å². The van der Waals surface area contributed by atoms with Gasteiger partial charge >= 0.3 is 0 Å². The van der Waals surface area contributed by atoms with Crippen LogP contribution in [0.15, 0.2) is 12.2 Å². The van der Waals surface area contributed by atoms with Crippen LogP contribution in [0.3, 0.4) is 0 Å². The summed E-state index contributed by atoms with van der Waals surface area (Å²) in [4.78, 5) is 0. The maximum atomic E-state index is 10.4. The van der Waals surface area contributed by atoms with Crippen LogP contribution in [-0.2, 0) is 0 Å². The second-order valence-electron chi connectivity index (χ2n) is 4.56. The van der Waals surface area contributed by atoms with Gasteiger partial charge in [0, 0.05) is 5.41 Å². The van der Waals surface area contributed by atoms with Crippen LogP contribution in [0.5, 0.6) is 0 Å². The molecule has 2 atom stereocenters. The van der Waals surface area contributed by atoms with Crippen molar-refractivity contribution in [1.29, 1.82) is 0 Å². The van der Waals surface area contributed by atoms with E-state index in [1.807, 2.05) is 0 Å². The summed E-state index contributed by atoms with van der Waals surface area (Å²) in [6.07, 6.45) is 9.83. The number of allylic oxidation sites excluding steroid dienone is 1. The van der Waals surface area contributed by atoms with E-state index in [1.165, 1.54) is 0 Å². The lowest BCUT2D eigenvalue weighted by molar-refractivity contribution is -0.137. The van der Waals surface area contributed by atoms with Crippen molar-refractivity contribution in [3.8, 4) is 0 Å². The van der Waals surface area contributed by atoms with Gasteiger partial charge in [-0.15, -0.1) is 0 Å². The molecular weight excluding hydrogens is 164 g/mol.